The molecule has 13 heteroatoms. The van der Waals surface area contributed by atoms with Gasteiger partial charge in [-0.15, -0.1) is 23.2 Å². The van der Waals surface area contributed by atoms with Gasteiger partial charge in [-0.25, -0.2) is 14.6 Å². The summed E-state index contributed by atoms with van der Waals surface area (Å²) in [4.78, 5) is 37.1. The molecule has 2 aliphatic rings. The molecule has 4 amide bonds. The highest BCUT2D eigenvalue weighted by atomic mass is 35.5. The predicted molar refractivity (Wildman–Crippen MR) is 138 cm³/mol. The molecular formula is C23H35Cl2N5O6. The Hall–Kier alpha value is -1.89. The Bertz CT molecular complexity index is 762. The van der Waals surface area contributed by atoms with E-state index in [0.717, 1.165) is 0 Å². The number of aromatic nitrogens is 1. The molecular weight excluding hydrogens is 513 g/mol. The lowest BCUT2D eigenvalue weighted by atomic mass is 10.4. The fourth-order valence-corrected chi connectivity index (χ4v) is 4.04. The van der Waals surface area contributed by atoms with E-state index in [1.54, 1.807) is 31.7 Å². The number of nitrogens with zero attached hydrogens (tertiary/aromatic N) is 5. The van der Waals surface area contributed by atoms with Crippen LogP contribution in [-0.2, 0) is 18.9 Å². The highest BCUT2D eigenvalue weighted by Crippen LogP contribution is 2.24. The minimum atomic E-state index is -0.122. The maximum absolute atomic E-state index is 12.9. The second-order valence-corrected chi connectivity index (χ2v) is 8.78. The summed E-state index contributed by atoms with van der Waals surface area (Å²) in [5, 5.41) is 0. The van der Waals surface area contributed by atoms with Crippen molar-refractivity contribution >= 4 is 46.9 Å². The number of ether oxygens (including phenoxy) is 4. The van der Waals surface area contributed by atoms with Crippen LogP contribution >= 0.6 is 23.2 Å². The van der Waals surface area contributed by atoms with E-state index in [2.05, 4.69) is 4.98 Å². The predicted octanol–water partition coefficient (Wildman–Crippen LogP) is 2.11. The Morgan fingerprint density at radius 2 is 1.06 bits per heavy atom. The number of pyridine rings is 1. The van der Waals surface area contributed by atoms with Crippen molar-refractivity contribution in [3.05, 3.63) is 18.2 Å². The Balaban J connectivity index is 1.43. The summed E-state index contributed by atoms with van der Waals surface area (Å²) in [7, 11) is 0. The van der Waals surface area contributed by atoms with Gasteiger partial charge in [-0.1, -0.05) is 6.07 Å². The molecule has 11 nitrogen and oxygen atoms in total. The first kappa shape index (κ1) is 28.7. The summed E-state index contributed by atoms with van der Waals surface area (Å²) in [5.41, 5.74) is 0. The molecule has 0 N–H and O–H groups in total. The van der Waals surface area contributed by atoms with Crippen LogP contribution in [0.2, 0.25) is 0 Å². The third kappa shape index (κ3) is 8.60. The fraction of sp³-hybridized carbons (Fsp3) is 0.696. The van der Waals surface area contributed by atoms with Crippen molar-refractivity contribution in [2.75, 3.05) is 114 Å². The fourth-order valence-electron chi connectivity index (χ4n) is 3.82. The molecule has 2 saturated heterocycles. The molecule has 0 saturated carbocycles. The van der Waals surface area contributed by atoms with E-state index in [1.165, 1.54) is 0 Å². The monoisotopic (exact) mass is 547 g/mol. The molecule has 0 radical (unpaired) electrons. The second-order valence-electron chi connectivity index (χ2n) is 8.02. The zero-order valence-corrected chi connectivity index (χ0v) is 22.0. The van der Waals surface area contributed by atoms with E-state index in [4.69, 9.17) is 42.1 Å². The van der Waals surface area contributed by atoms with Gasteiger partial charge in [0.2, 0.25) is 0 Å². The standard InChI is InChI=1S/C23H35Cl2N5O6/c24-4-12-33-16-18-35-14-10-27-6-8-29(22(27)31)20-2-1-3-21(26-20)30-9-7-28(23(30)32)11-15-36-19-17-34-13-5-25/h1-3H,4-19H2. The van der Waals surface area contributed by atoms with Crippen molar-refractivity contribution in [2.45, 2.75) is 0 Å². The lowest BCUT2D eigenvalue weighted by Crippen LogP contribution is -2.36. The number of carbonyl (C=O) groups excluding carboxylic acids is 2. The lowest BCUT2D eigenvalue weighted by molar-refractivity contribution is 0.0483. The number of rotatable bonds is 18. The van der Waals surface area contributed by atoms with Gasteiger partial charge in [0, 0.05) is 51.0 Å². The molecule has 202 valence electrons. The molecule has 2 aliphatic heterocycles. The highest BCUT2D eigenvalue weighted by Gasteiger charge is 2.33. The Labute approximate surface area is 222 Å². The van der Waals surface area contributed by atoms with Gasteiger partial charge in [0.05, 0.1) is 52.9 Å². The van der Waals surface area contributed by atoms with E-state index < -0.39 is 0 Å². The number of hydrogen-bond acceptors (Lipinski definition) is 7. The number of hydrogen-bond donors (Lipinski definition) is 0. The van der Waals surface area contributed by atoms with Crippen LogP contribution in [0.4, 0.5) is 21.2 Å². The minimum Gasteiger partial charge on any atom is -0.378 e. The van der Waals surface area contributed by atoms with Crippen LogP contribution in [-0.4, -0.2) is 131 Å². The average Bonchev–Trinajstić information content (AvgIpc) is 3.45. The molecule has 0 atom stereocenters. The third-order valence-corrected chi connectivity index (χ3v) is 5.97. The summed E-state index contributed by atoms with van der Waals surface area (Å²) < 4.78 is 21.6. The molecule has 1 aromatic rings. The molecule has 3 heterocycles. The molecule has 0 bridgehead atoms. The maximum Gasteiger partial charge on any atom is 0.325 e. The number of halogens is 2. The number of urea groups is 2. The molecule has 0 unspecified atom stereocenters. The lowest BCUT2D eigenvalue weighted by Gasteiger charge is -2.21. The normalized spacial score (nSPS) is 16.2. The van der Waals surface area contributed by atoms with Crippen molar-refractivity contribution in [1.82, 2.24) is 14.8 Å². The molecule has 0 aliphatic carbocycles. The first-order valence-electron chi connectivity index (χ1n) is 12.2. The number of carbonyl (C=O) groups is 2. The zero-order valence-electron chi connectivity index (χ0n) is 20.5. The quantitative estimate of drug-likeness (QED) is 0.205. The molecule has 3 rings (SSSR count). The van der Waals surface area contributed by atoms with Crippen LogP contribution in [0.5, 0.6) is 0 Å². The van der Waals surface area contributed by atoms with Gasteiger partial charge in [0.15, 0.2) is 0 Å². The Morgan fingerprint density at radius 3 is 1.47 bits per heavy atom. The van der Waals surface area contributed by atoms with Gasteiger partial charge in [-0.3, -0.25) is 9.80 Å². The number of amides is 4. The van der Waals surface area contributed by atoms with Gasteiger partial charge in [-0.05, 0) is 12.1 Å². The van der Waals surface area contributed by atoms with Gasteiger partial charge in [0.25, 0.3) is 0 Å². The van der Waals surface area contributed by atoms with Gasteiger partial charge < -0.3 is 28.7 Å². The molecule has 0 aromatic carbocycles. The zero-order chi connectivity index (χ0) is 25.6. The van der Waals surface area contributed by atoms with Gasteiger partial charge in [-0.2, -0.15) is 0 Å². The highest BCUT2D eigenvalue weighted by molar-refractivity contribution is 6.18. The summed E-state index contributed by atoms with van der Waals surface area (Å²) >= 11 is 11.1. The minimum absolute atomic E-state index is 0.122. The summed E-state index contributed by atoms with van der Waals surface area (Å²) in [6.45, 7) is 6.95. The van der Waals surface area contributed by atoms with Crippen LogP contribution in [0, 0.1) is 0 Å². The average molecular weight is 548 g/mol. The van der Waals surface area contributed by atoms with Crippen LogP contribution < -0.4 is 9.80 Å². The van der Waals surface area contributed by atoms with E-state index in [-0.39, 0.29) is 12.1 Å². The molecule has 2 fully saturated rings. The summed E-state index contributed by atoms with van der Waals surface area (Å²) in [6, 6.07) is 5.14. The SMILES string of the molecule is O=C1N(CCOCCOCCCl)CCN1c1cccc(N2CCN(CCOCCOCCCl)C2=O)n1. The van der Waals surface area contributed by atoms with Gasteiger partial charge >= 0.3 is 12.1 Å². The van der Waals surface area contributed by atoms with Crippen molar-refractivity contribution in [3.63, 3.8) is 0 Å². The van der Waals surface area contributed by atoms with E-state index >= 15 is 0 Å². The van der Waals surface area contributed by atoms with Crippen LogP contribution in [0.1, 0.15) is 0 Å². The maximum atomic E-state index is 12.9. The molecule has 36 heavy (non-hydrogen) atoms. The number of anilines is 2. The van der Waals surface area contributed by atoms with Crippen molar-refractivity contribution in [2.24, 2.45) is 0 Å². The largest absolute Gasteiger partial charge is 0.378 e. The summed E-state index contributed by atoms with van der Waals surface area (Å²) in [5.74, 6) is 1.97. The van der Waals surface area contributed by atoms with Crippen LogP contribution in [0.3, 0.4) is 0 Å². The van der Waals surface area contributed by atoms with E-state index in [0.29, 0.717) is 116 Å². The van der Waals surface area contributed by atoms with Crippen molar-refractivity contribution in [1.29, 1.82) is 0 Å². The summed E-state index contributed by atoms with van der Waals surface area (Å²) in [6.07, 6.45) is 0. The smallest absolute Gasteiger partial charge is 0.325 e. The molecule has 0 spiro atoms. The van der Waals surface area contributed by atoms with E-state index in [9.17, 15) is 9.59 Å². The van der Waals surface area contributed by atoms with Gasteiger partial charge in [0.1, 0.15) is 11.6 Å². The van der Waals surface area contributed by atoms with Crippen LogP contribution in [0.15, 0.2) is 18.2 Å². The Kier molecular flexibility index (Phi) is 12.8. The third-order valence-electron chi connectivity index (χ3n) is 5.66. The number of alkyl halides is 2. The first-order chi connectivity index (χ1) is 17.7. The second kappa shape index (κ2) is 16.1. The van der Waals surface area contributed by atoms with E-state index in [1.807, 2.05) is 6.07 Å². The van der Waals surface area contributed by atoms with Crippen LogP contribution in [0.25, 0.3) is 0 Å². The Morgan fingerprint density at radius 1 is 0.639 bits per heavy atom. The topological polar surface area (TPSA) is 96.9 Å². The van der Waals surface area contributed by atoms with Crippen molar-refractivity contribution < 1.29 is 28.5 Å². The molecule has 1 aromatic heterocycles. The van der Waals surface area contributed by atoms with Crippen molar-refractivity contribution in [3.8, 4) is 0 Å². The first-order valence-corrected chi connectivity index (χ1v) is 13.3.